The molecule has 4 heteroatoms. The van der Waals surface area contributed by atoms with Gasteiger partial charge in [-0.15, -0.1) is 5.10 Å². The molecule has 0 saturated heterocycles. The number of benzene rings is 3. The van der Waals surface area contributed by atoms with E-state index in [9.17, 15) is 0 Å². The van der Waals surface area contributed by atoms with Gasteiger partial charge in [0.25, 0.3) is 0 Å². The molecule has 0 unspecified atom stereocenters. The number of aromatic nitrogens is 2. The zero-order valence-corrected chi connectivity index (χ0v) is 14.4. The summed E-state index contributed by atoms with van der Waals surface area (Å²) < 4.78 is 0. The van der Waals surface area contributed by atoms with Gasteiger partial charge in [0, 0.05) is 10.8 Å². The van der Waals surface area contributed by atoms with Crippen LogP contribution in [0.25, 0.3) is 21.9 Å². The SMILES string of the molecule is CC(=NNc1nncc2ccccc12)c1cccc(-c2ccccc2)c1. The average molecular weight is 338 g/mol. The molecule has 4 aromatic rings. The lowest BCUT2D eigenvalue weighted by atomic mass is 10.0. The van der Waals surface area contributed by atoms with Crippen LogP contribution in [-0.2, 0) is 0 Å². The summed E-state index contributed by atoms with van der Waals surface area (Å²) in [5, 5.41) is 14.7. The van der Waals surface area contributed by atoms with Crippen LogP contribution in [0.15, 0.2) is 90.2 Å². The Bertz CT molecular complexity index is 1070. The molecular formula is C22H18N4. The first-order valence-electron chi connectivity index (χ1n) is 8.48. The summed E-state index contributed by atoms with van der Waals surface area (Å²) in [5.74, 6) is 0.654. The van der Waals surface area contributed by atoms with Crippen molar-refractivity contribution in [1.82, 2.24) is 10.2 Å². The first-order chi connectivity index (χ1) is 12.8. The Morgan fingerprint density at radius 3 is 2.50 bits per heavy atom. The fraction of sp³-hybridized carbons (Fsp3) is 0.0455. The zero-order chi connectivity index (χ0) is 17.8. The van der Waals surface area contributed by atoms with Crippen molar-refractivity contribution in [3.8, 4) is 11.1 Å². The summed E-state index contributed by atoms with van der Waals surface area (Å²) in [5.41, 5.74) is 7.37. The van der Waals surface area contributed by atoms with E-state index in [1.807, 2.05) is 49.4 Å². The third-order valence-corrected chi connectivity index (χ3v) is 4.29. The standard InChI is InChI=1S/C22H18N4/c1-16(18-11-7-12-19(14-18)17-8-3-2-4-9-17)24-26-22-21-13-6-5-10-20(21)15-23-25-22/h2-15H,1H3,(H,25,26). The topological polar surface area (TPSA) is 50.2 Å². The molecule has 0 spiro atoms. The molecule has 26 heavy (non-hydrogen) atoms. The van der Waals surface area contributed by atoms with Gasteiger partial charge in [-0.2, -0.15) is 10.2 Å². The lowest BCUT2D eigenvalue weighted by Gasteiger charge is -2.07. The van der Waals surface area contributed by atoms with Gasteiger partial charge >= 0.3 is 0 Å². The maximum atomic E-state index is 4.51. The largest absolute Gasteiger partial charge is 0.259 e. The van der Waals surface area contributed by atoms with Gasteiger partial charge in [-0.3, -0.25) is 5.43 Å². The summed E-state index contributed by atoms with van der Waals surface area (Å²) in [7, 11) is 0. The number of nitrogens with one attached hydrogen (secondary N) is 1. The highest BCUT2D eigenvalue weighted by molar-refractivity contribution is 6.00. The van der Waals surface area contributed by atoms with E-state index >= 15 is 0 Å². The number of nitrogens with zero attached hydrogens (tertiary/aromatic N) is 3. The van der Waals surface area contributed by atoms with Crippen LogP contribution in [0, 0.1) is 0 Å². The molecular weight excluding hydrogens is 320 g/mol. The van der Waals surface area contributed by atoms with Crippen LogP contribution in [0.5, 0.6) is 0 Å². The Hall–Kier alpha value is -3.53. The fourth-order valence-corrected chi connectivity index (χ4v) is 2.87. The van der Waals surface area contributed by atoms with Crippen molar-refractivity contribution in [1.29, 1.82) is 0 Å². The molecule has 0 amide bonds. The first-order valence-corrected chi connectivity index (χ1v) is 8.48. The summed E-state index contributed by atoms with van der Waals surface area (Å²) >= 11 is 0. The third kappa shape index (κ3) is 3.30. The molecule has 1 heterocycles. The highest BCUT2D eigenvalue weighted by Gasteiger charge is 2.04. The molecule has 0 radical (unpaired) electrons. The van der Waals surface area contributed by atoms with Gasteiger partial charge in [-0.05, 0) is 29.7 Å². The van der Waals surface area contributed by atoms with Crippen LogP contribution >= 0.6 is 0 Å². The second-order valence-corrected chi connectivity index (χ2v) is 6.04. The maximum Gasteiger partial charge on any atom is 0.176 e. The molecule has 0 aliphatic carbocycles. The monoisotopic (exact) mass is 338 g/mol. The lowest BCUT2D eigenvalue weighted by Crippen LogP contribution is -2.02. The molecule has 0 saturated carbocycles. The van der Waals surface area contributed by atoms with Gasteiger partial charge < -0.3 is 0 Å². The van der Waals surface area contributed by atoms with E-state index in [0.717, 1.165) is 22.0 Å². The summed E-state index contributed by atoms with van der Waals surface area (Å²) in [6, 6.07) is 26.7. The molecule has 0 atom stereocenters. The second kappa shape index (κ2) is 7.15. The van der Waals surface area contributed by atoms with E-state index in [1.54, 1.807) is 6.20 Å². The smallest absolute Gasteiger partial charge is 0.176 e. The fourth-order valence-electron chi connectivity index (χ4n) is 2.87. The number of hydrazone groups is 1. The number of rotatable bonds is 4. The van der Waals surface area contributed by atoms with Crippen LogP contribution in [-0.4, -0.2) is 15.9 Å². The predicted octanol–water partition coefficient (Wildman–Crippen LogP) is 5.13. The highest BCUT2D eigenvalue weighted by Crippen LogP contribution is 2.21. The molecule has 0 fully saturated rings. The Kier molecular flexibility index (Phi) is 4.39. The van der Waals surface area contributed by atoms with Crippen molar-refractivity contribution in [3.05, 3.63) is 90.6 Å². The van der Waals surface area contributed by atoms with Crippen molar-refractivity contribution in [3.63, 3.8) is 0 Å². The van der Waals surface area contributed by atoms with Gasteiger partial charge in [-0.25, -0.2) is 0 Å². The van der Waals surface area contributed by atoms with Crippen molar-refractivity contribution in [2.75, 3.05) is 5.43 Å². The summed E-state index contributed by atoms with van der Waals surface area (Å²) in [6.45, 7) is 1.98. The normalized spacial score (nSPS) is 11.5. The van der Waals surface area contributed by atoms with Crippen molar-refractivity contribution in [2.24, 2.45) is 5.10 Å². The Morgan fingerprint density at radius 2 is 1.62 bits per heavy atom. The van der Waals surface area contributed by atoms with Crippen LogP contribution in [0.3, 0.4) is 0 Å². The minimum Gasteiger partial charge on any atom is -0.259 e. The van der Waals surface area contributed by atoms with Crippen LogP contribution in [0.2, 0.25) is 0 Å². The molecule has 0 bridgehead atoms. The van der Waals surface area contributed by atoms with Gasteiger partial charge in [0.1, 0.15) is 0 Å². The number of hydrogen-bond donors (Lipinski definition) is 1. The van der Waals surface area contributed by atoms with E-state index in [-0.39, 0.29) is 0 Å². The van der Waals surface area contributed by atoms with Crippen molar-refractivity contribution < 1.29 is 0 Å². The molecule has 126 valence electrons. The third-order valence-electron chi connectivity index (χ3n) is 4.29. The molecule has 4 rings (SSSR count). The number of fused-ring (bicyclic) bond motifs is 1. The summed E-state index contributed by atoms with van der Waals surface area (Å²) in [4.78, 5) is 0. The van der Waals surface area contributed by atoms with E-state index < -0.39 is 0 Å². The lowest BCUT2D eigenvalue weighted by molar-refractivity contribution is 1.04. The highest BCUT2D eigenvalue weighted by atomic mass is 15.3. The maximum absolute atomic E-state index is 4.51. The molecule has 0 aliphatic heterocycles. The quantitative estimate of drug-likeness (QED) is 0.414. The molecule has 1 aromatic heterocycles. The zero-order valence-electron chi connectivity index (χ0n) is 14.4. The van der Waals surface area contributed by atoms with Crippen LogP contribution in [0.1, 0.15) is 12.5 Å². The van der Waals surface area contributed by atoms with E-state index in [2.05, 4.69) is 57.1 Å². The van der Waals surface area contributed by atoms with Crippen LogP contribution < -0.4 is 5.43 Å². The summed E-state index contributed by atoms with van der Waals surface area (Å²) in [6.07, 6.45) is 1.75. The van der Waals surface area contributed by atoms with Crippen LogP contribution in [0.4, 0.5) is 5.82 Å². The minimum atomic E-state index is 0.654. The number of hydrogen-bond acceptors (Lipinski definition) is 4. The Labute approximate surface area is 152 Å². The Morgan fingerprint density at radius 1 is 0.846 bits per heavy atom. The van der Waals surface area contributed by atoms with Gasteiger partial charge in [-0.1, -0.05) is 72.8 Å². The molecule has 3 aromatic carbocycles. The van der Waals surface area contributed by atoms with Gasteiger partial charge in [0.05, 0.1) is 11.9 Å². The molecule has 0 aliphatic rings. The van der Waals surface area contributed by atoms with Crippen molar-refractivity contribution in [2.45, 2.75) is 6.92 Å². The van der Waals surface area contributed by atoms with Crippen molar-refractivity contribution >= 4 is 22.3 Å². The number of anilines is 1. The van der Waals surface area contributed by atoms with Gasteiger partial charge in [0.2, 0.25) is 0 Å². The Balaban J connectivity index is 1.62. The second-order valence-electron chi connectivity index (χ2n) is 6.04. The average Bonchev–Trinajstić information content (AvgIpc) is 2.72. The molecule has 4 nitrogen and oxygen atoms in total. The van der Waals surface area contributed by atoms with E-state index in [1.165, 1.54) is 11.1 Å². The van der Waals surface area contributed by atoms with E-state index in [4.69, 9.17) is 0 Å². The predicted molar refractivity (Wildman–Crippen MR) is 107 cm³/mol. The van der Waals surface area contributed by atoms with E-state index in [0.29, 0.717) is 5.82 Å². The minimum absolute atomic E-state index is 0.654. The molecule has 1 N–H and O–H groups in total. The van der Waals surface area contributed by atoms with Gasteiger partial charge in [0.15, 0.2) is 5.82 Å². The first kappa shape index (κ1) is 16.0.